The van der Waals surface area contributed by atoms with Crippen molar-refractivity contribution < 1.29 is 38.1 Å². The molecule has 0 saturated heterocycles. The van der Waals surface area contributed by atoms with Crippen molar-refractivity contribution in [2.45, 2.75) is 52.6 Å². The summed E-state index contributed by atoms with van der Waals surface area (Å²) in [5.74, 6) is 0.106. The molecule has 0 spiro atoms. The monoisotopic (exact) mass is 558 g/mol. The molecular weight excluding hydrogens is 520 g/mol. The fraction of sp³-hybridized carbons (Fsp3) is 0.429. The molecule has 2 aromatic carbocycles. The molecular formula is C28H38N4O8. The second-order valence-corrected chi connectivity index (χ2v) is 8.37. The van der Waals surface area contributed by atoms with Gasteiger partial charge in [0.1, 0.15) is 23.6 Å². The van der Waals surface area contributed by atoms with Crippen molar-refractivity contribution in [1.82, 2.24) is 21.5 Å². The molecule has 0 aliphatic carbocycles. The van der Waals surface area contributed by atoms with E-state index in [-0.39, 0.29) is 26.1 Å². The van der Waals surface area contributed by atoms with Gasteiger partial charge in [0.25, 0.3) is 0 Å². The molecule has 4 amide bonds. The topological polar surface area (TPSA) is 153 Å². The predicted octanol–water partition coefficient (Wildman–Crippen LogP) is 2.65. The van der Waals surface area contributed by atoms with E-state index in [2.05, 4.69) is 21.5 Å². The van der Waals surface area contributed by atoms with E-state index in [4.69, 9.17) is 18.9 Å². The van der Waals surface area contributed by atoms with Crippen LogP contribution in [0.3, 0.4) is 0 Å². The molecule has 0 bridgehead atoms. The second-order valence-electron chi connectivity index (χ2n) is 8.37. The number of ether oxygens (including phenoxy) is 4. The van der Waals surface area contributed by atoms with Crippen LogP contribution in [-0.4, -0.2) is 62.5 Å². The fourth-order valence-electron chi connectivity index (χ4n) is 3.62. The summed E-state index contributed by atoms with van der Waals surface area (Å²) in [6, 6.07) is 10.4. The molecule has 4 N–H and O–H groups in total. The molecule has 0 fully saturated rings. The summed E-state index contributed by atoms with van der Waals surface area (Å²) in [6.07, 6.45) is 0.301. The Kier molecular flexibility index (Phi) is 13.6. The highest BCUT2D eigenvalue weighted by molar-refractivity contribution is 5.87. The molecule has 0 saturated carbocycles. The zero-order valence-electron chi connectivity index (χ0n) is 23.3. The molecule has 2 rings (SSSR count). The van der Waals surface area contributed by atoms with Crippen LogP contribution in [0.4, 0.5) is 9.59 Å². The van der Waals surface area contributed by atoms with Gasteiger partial charge < -0.3 is 29.6 Å². The predicted molar refractivity (Wildman–Crippen MR) is 147 cm³/mol. The number of carbonyl (C=O) groups excluding carboxylic acids is 4. The molecule has 40 heavy (non-hydrogen) atoms. The first-order valence-electron chi connectivity index (χ1n) is 13.2. The number of urea groups is 2. The van der Waals surface area contributed by atoms with E-state index < -0.39 is 36.1 Å². The summed E-state index contributed by atoms with van der Waals surface area (Å²) >= 11 is 0. The number of esters is 2. The smallest absolute Gasteiger partial charge is 0.334 e. The minimum Gasteiger partial charge on any atom is -0.494 e. The lowest BCUT2D eigenvalue weighted by atomic mass is 10.1. The normalized spacial score (nSPS) is 11.8. The van der Waals surface area contributed by atoms with Crippen molar-refractivity contribution in [2.24, 2.45) is 0 Å². The summed E-state index contributed by atoms with van der Waals surface area (Å²) < 4.78 is 21.0. The van der Waals surface area contributed by atoms with Crippen LogP contribution >= 0.6 is 0 Å². The van der Waals surface area contributed by atoms with Crippen LogP contribution < -0.4 is 31.0 Å². The summed E-state index contributed by atoms with van der Waals surface area (Å²) in [5.41, 5.74) is 5.88. The molecule has 0 aliphatic heterocycles. The highest BCUT2D eigenvalue weighted by Crippen LogP contribution is 2.15. The second kappa shape index (κ2) is 17.2. The first kappa shape index (κ1) is 31.7. The number of carbonyl (C=O) groups is 4. The maximum Gasteiger partial charge on any atom is 0.334 e. The molecule has 12 heteroatoms. The van der Waals surface area contributed by atoms with Crippen LogP contribution in [0.15, 0.2) is 48.5 Å². The van der Waals surface area contributed by atoms with E-state index in [9.17, 15) is 19.2 Å². The van der Waals surface area contributed by atoms with E-state index in [1.807, 2.05) is 13.8 Å². The number of hydrogen-bond donors (Lipinski definition) is 4. The Morgan fingerprint density at radius 3 is 1.23 bits per heavy atom. The van der Waals surface area contributed by atoms with E-state index >= 15 is 0 Å². The van der Waals surface area contributed by atoms with Crippen LogP contribution in [0.5, 0.6) is 11.5 Å². The van der Waals surface area contributed by atoms with Crippen molar-refractivity contribution in [3.8, 4) is 11.5 Å². The quantitative estimate of drug-likeness (QED) is 0.204. The largest absolute Gasteiger partial charge is 0.494 e. The fourth-order valence-corrected chi connectivity index (χ4v) is 3.62. The maximum absolute atomic E-state index is 12.5. The molecule has 0 aliphatic rings. The van der Waals surface area contributed by atoms with Crippen molar-refractivity contribution in [1.29, 1.82) is 0 Å². The lowest BCUT2D eigenvalue weighted by molar-refractivity contribution is -0.146. The Morgan fingerprint density at radius 1 is 0.575 bits per heavy atom. The van der Waals surface area contributed by atoms with Gasteiger partial charge in [-0.3, -0.25) is 0 Å². The van der Waals surface area contributed by atoms with Gasteiger partial charge in [-0.15, -0.1) is 0 Å². The number of rotatable bonds is 14. The molecule has 218 valence electrons. The number of benzene rings is 2. The van der Waals surface area contributed by atoms with Gasteiger partial charge in [0.05, 0.1) is 26.4 Å². The first-order chi connectivity index (χ1) is 19.3. The highest BCUT2D eigenvalue weighted by Gasteiger charge is 2.25. The molecule has 12 nitrogen and oxygen atoms in total. The molecule has 0 heterocycles. The summed E-state index contributed by atoms with van der Waals surface area (Å²) in [5, 5.41) is 4.99. The summed E-state index contributed by atoms with van der Waals surface area (Å²) in [7, 11) is 0. The van der Waals surface area contributed by atoms with Gasteiger partial charge in [-0.25, -0.2) is 30.0 Å². The number of amides is 4. The lowest BCUT2D eigenvalue weighted by Gasteiger charge is -2.20. The maximum atomic E-state index is 12.5. The van der Waals surface area contributed by atoms with Crippen molar-refractivity contribution >= 4 is 24.0 Å². The Balaban J connectivity index is 1.96. The van der Waals surface area contributed by atoms with Gasteiger partial charge in [-0.05, 0) is 63.1 Å². The minimum atomic E-state index is -1.02. The van der Waals surface area contributed by atoms with Gasteiger partial charge in [0.2, 0.25) is 0 Å². The third-order valence-electron chi connectivity index (χ3n) is 5.39. The number of hydrogen-bond acceptors (Lipinski definition) is 8. The molecule has 2 atom stereocenters. The Bertz CT molecular complexity index is 1000. The van der Waals surface area contributed by atoms with Gasteiger partial charge >= 0.3 is 24.0 Å². The van der Waals surface area contributed by atoms with Crippen LogP contribution in [0, 0.1) is 0 Å². The van der Waals surface area contributed by atoms with E-state index in [0.29, 0.717) is 24.7 Å². The van der Waals surface area contributed by atoms with Gasteiger partial charge in [0.15, 0.2) is 0 Å². The third-order valence-corrected chi connectivity index (χ3v) is 5.39. The number of hydrazine groups is 1. The molecule has 0 unspecified atom stereocenters. The van der Waals surface area contributed by atoms with Crippen molar-refractivity contribution in [3.05, 3.63) is 59.7 Å². The Hall–Kier alpha value is -4.48. The van der Waals surface area contributed by atoms with Crippen molar-refractivity contribution in [2.75, 3.05) is 26.4 Å². The number of nitrogens with one attached hydrogen (secondary N) is 4. The standard InChI is InChI=1S/C28H38N4O8/c1-5-37-21-13-9-19(10-14-21)17-23(25(33)39-7-3)29-27(35)31-32-28(36)30-24(26(34)40-8-4)18-20-11-15-22(16-12-20)38-6-2/h9-16,23-24H,5-8,17-18H2,1-4H3,(H2,29,31,35)(H2,30,32,36)/t23-,24-/m0/s1. The van der Waals surface area contributed by atoms with E-state index in [0.717, 1.165) is 11.1 Å². The van der Waals surface area contributed by atoms with Gasteiger partial charge in [-0.2, -0.15) is 0 Å². The van der Waals surface area contributed by atoms with Crippen molar-refractivity contribution in [3.63, 3.8) is 0 Å². The Labute approximate surface area is 234 Å². The Morgan fingerprint density at radius 2 is 0.925 bits per heavy atom. The van der Waals surface area contributed by atoms with E-state index in [1.165, 1.54) is 0 Å². The average Bonchev–Trinajstić information content (AvgIpc) is 2.94. The molecule has 2 aromatic rings. The highest BCUT2D eigenvalue weighted by atomic mass is 16.5. The van der Waals surface area contributed by atoms with Crippen LogP contribution in [-0.2, 0) is 31.9 Å². The molecule has 0 aromatic heterocycles. The first-order valence-corrected chi connectivity index (χ1v) is 13.2. The van der Waals surface area contributed by atoms with Crippen LogP contribution in [0.25, 0.3) is 0 Å². The summed E-state index contributed by atoms with van der Waals surface area (Å²) in [4.78, 5) is 49.9. The lowest BCUT2D eigenvalue weighted by Crippen LogP contribution is -2.56. The summed E-state index contributed by atoms with van der Waals surface area (Å²) in [6.45, 7) is 8.37. The zero-order valence-corrected chi connectivity index (χ0v) is 23.3. The van der Waals surface area contributed by atoms with Crippen LogP contribution in [0.2, 0.25) is 0 Å². The molecule has 0 radical (unpaired) electrons. The average molecular weight is 559 g/mol. The van der Waals surface area contributed by atoms with Gasteiger partial charge in [0, 0.05) is 12.8 Å². The van der Waals surface area contributed by atoms with Gasteiger partial charge in [-0.1, -0.05) is 24.3 Å². The third kappa shape index (κ3) is 11.1. The zero-order chi connectivity index (χ0) is 29.3. The van der Waals surface area contributed by atoms with E-state index in [1.54, 1.807) is 62.4 Å². The minimum absolute atomic E-state index is 0.131. The SMILES string of the molecule is CCOC(=O)[C@H](Cc1ccc(OCC)cc1)NC(=O)NNC(=O)N[C@@H](Cc1ccc(OCC)cc1)C(=O)OCC. The van der Waals surface area contributed by atoms with Crippen LogP contribution in [0.1, 0.15) is 38.8 Å².